The first kappa shape index (κ1) is 22.5. The van der Waals surface area contributed by atoms with Crippen LogP contribution in [0.25, 0.3) is 10.8 Å². The first-order valence-electron chi connectivity index (χ1n) is 9.92. The summed E-state index contributed by atoms with van der Waals surface area (Å²) < 4.78 is 46.0. The molecule has 0 bridgehead atoms. The predicted octanol–water partition coefficient (Wildman–Crippen LogP) is 2.70. The second-order valence-corrected chi connectivity index (χ2v) is 7.46. The first-order valence-corrected chi connectivity index (χ1v) is 9.92. The summed E-state index contributed by atoms with van der Waals surface area (Å²) in [6.45, 7) is 2.13. The molecule has 3 heterocycles. The summed E-state index contributed by atoms with van der Waals surface area (Å²) in [5.74, 6) is 0.850. The van der Waals surface area contributed by atoms with Crippen LogP contribution in [0.15, 0.2) is 35.3 Å². The number of fused-ring (bicyclic) bond motifs is 1. The molecule has 2 aromatic heterocycles. The lowest BCUT2D eigenvalue weighted by atomic mass is 10.1. The molecule has 0 atom stereocenters. The highest BCUT2D eigenvalue weighted by Crippen LogP contribution is 2.33. The second-order valence-electron chi connectivity index (χ2n) is 7.46. The molecule has 0 radical (unpaired) electrons. The molecule has 1 aliphatic rings. The van der Waals surface area contributed by atoms with Crippen LogP contribution in [-0.2, 0) is 24.5 Å². The van der Waals surface area contributed by atoms with Gasteiger partial charge in [0.15, 0.2) is 5.82 Å². The number of morpholine rings is 1. The zero-order valence-electron chi connectivity index (χ0n) is 17.4. The number of nitro benzene ring substituents is 1. The summed E-state index contributed by atoms with van der Waals surface area (Å²) in [7, 11) is 1.44. The van der Waals surface area contributed by atoms with E-state index in [1.54, 1.807) is 6.07 Å². The molecule has 4 rings (SSSR count). The molecule has 0 spiro atoms. The molecule has 1 N–H and O–H groups in total. The number of hydrogen-bond acceptors (Lipinski definition) is 8. The number of hydrogen-bond donors (Lipinski definition) is 1. The lowest BCUT2D eigenvalue weighted by Gasteiger charge is -2.28. The molecule has 0 saturated carbocycles. The van der Waals surface area contributed by atoms with E-state index in [1.807, 2.05) is 4.90 Å². The van der Waals surface area contributed by atoms with Gasteiger partial charge < -0.3 is 15.0 Å². The summed E-state index contributed by atoms with van der Waals surface area (Å²) in [6, 6.07) is 4.08. The highest BCUT2D eigenvalue weighted by Gasteiger charge is 2.32. The van der Waals surface area contributed by atoms with Gasteiger partial charge in [-0.1, -0.05) is 0 Å². The highest BCUT2D eigenvalue weighted by molar-refractivity contribution is 5.92. The number of nitro groups is 1. The molecule has 33 heavy (non-hydrogen) atoms. The van der Waals surface area contributed by atoms with E-state index in [0.717, 1.165) is 16.8 Å². The van der Waals surface area contributed by atoms with E-state index in [2.05, 4.69) is 15.4 Å². The van der Waals surface area contributed by atoms with E-state index in [9.17, 15) is 28.1 Å². The van der Waals surface area contributed by atoms with Crippen LogP contribution in [0.4, 0.5) is 30.5 Å². The van der Waals surface area contributed by atoms with Crippen molar-refractivity contribution in [3.8, 4) is 0 Å². The number of non-ortho nitro benzene ring substituents is 1. The fourth-order valence-corrected chi connectivity index (χ4v) is 3.56. The quantitative estimate of drug-likeness (QED) is 0.453. The molecule has 10 nitrogen and oxygen atoms in total. The molecule has 1 fully saturated rings. The van der Waals surface area contributed by atoms with E-state index in [-0.39, 0.29) is 28.9 Å². The minimum Gasteiger partial charge on any atom is -0.378 e. The lowest BCUT2D eigenvalue weighted by Crippen LogP contribution is -2.36. The van der Waals surface area contributed by atoms with E-state index in [0.29, 0.717) is 43.6 Å². The Morgan fingerprint density at radius 1 is 1.18 bits per heavy atom. The molecular weight excluding hydrogens is 445 g/mol. The first-order chi connectivity index (χ1) is 15.6. The number of aryl methyl sites for hydroxylation is 1. The van der Waals surface area contributed by atoms with Crippen molar-refractivity contribution in [2.75, 3.05) is 36.5 Å². The fourth-order valence-electron chi connectivity index (χ4n) is 3.56. The number of rotatable bonds is 5. The Balaban J connectivity index is 1.71. The number of nitrogens with one attached hydrogen (secondary N) is 1. The van der Waals surface area contributed by atoms with Crippen molar-refractivity contribution in [1.82, 2.24) is 14.8 Å². The van der Waals surface area contributed by atoms with Crippen molar-refractivity contribution in [3.05, 3.63) is 62.1 Å². The zero-order chi connectivity index (χ0) is 23.8. The Labute approximate surface area is 184 Å². The van der Waals surface area contributed by atoms with Crippen LogP contribution in [0.3, 0.4) is 0 Å². The van der Waals surface area contributed by atoms with Gasteiger partial charge >= 0.3 is 6.18 Å². The van der Waals surface area contributed by atoms with Gasteiger partial charge in [-0.15, -0.1) is 0 Å². The van der Waals surface area contributed by atoms with Crippen molar-refractivity contribution in [2.45, 2.75) is 12.7 Å². The number of alkyl halides is 3. The van der Waals surface area contributed by atoms with Crippen molar-refractivity contribution in [3.63, 3.8) is 0 Å². The highest BCUT2D eigenvalue weighted by atomic mass is 19.4. The van der Waals surface area contributed by atoms with E-state index >= 15 is 0 Å². The molecule has 0 aliphatic carbocycles. The average molecular weight is 464 g/mol. The molecule has 174 valence electrons. The van der Waals surface area contributed by atoms with Gasteiger partial charge in [0, 0.05) is 50.4 Å². The van der Waals surface area contributed by atoms with Gasteiger partial charge in [-0.2, -0.15) is 18.3 Å². The summed E-state index contributed by atoms with van der Waals surface area (Å²) in [5, 5.41) is 18.9. The maximum absolute atomic E-state index is 13.2. The smallest absolute Gasteiger partial charge is 0.378 e. The Morgan fingerprint density at radius 2 is 1.91 bits per heavy atom. The molecule has 3 aromatic rings. The standard InChI is InChI=1S/C20H19F3N6O4/c1-27-19(30)16-11-24-17(28-2-4-33-5-3-28)9-15(16)18(26-27)25-10-12-6-13(20(21,22)23)8-14(7-12)29(31)32/h6-9,11H,2-5,10H2,1H3,(H,25,26). The van der Waals surface area contributed by atoms with Crippen LogP contribution in [-0.4, -0.2) is 46.0 Å². The monoisotopic (exact) mass is 464 g/mol. The van der Waals surface area contributed by atoms with Crippen LogP contribution in [0.5, 0.6) is 0 Å². The van der Waals surface area contributed by atoms with Crippen LogP contribution < -0.4 is 15.8 Å². The number of benzene rings is 1. The van der Waals surface area contributed by atoms with Crippen molar-refractivity contribution in [2.24, 2.45) is 7.05 Å². The number of nitrogens with zero attached hydrogens (tertiary/aromatic N) is 5. The molecule has 1 aromatic carbocycles. The molecule has 1 saturated heterocycles. The Hall–Kier alpha value is -3.74. The summed E-state index contributed by atoms with van der Waals surface area (Å²) in [5.41, 5.74) is -2.13. The van der Waals surface area contributed by atoms with Gasteiger partial charge in [0.05, 0.1) is 29.1 Å². The topological polar surface area (TPSA) is 115 Å². The van der Waals surface area contributed by atoms with Gasteiger partial charge in [0.2, 0.25) is 0 Å². The third kappa shape index (κ3) is 4.72. The summed E-state index contributed by atoms with van der Waals surface area (Å²) >= 11 is 0. The van der Waals surface area contributed by atoms with Crippen molar-refractivity contribution in [1.29, 1.82) is 0 Å². The van der Waals surface area contributed by atoms with E-state index in [4.69, 9.17) is 4.74 Å². The largest absolute Gasteiger partial charge is 0.416 e. The Kier molecular flexibility index (Phi) is 5.89. The summed E-state index contributed by atoms with van der Waals surface area (Å²) in [6.07, 6.45) is -3.30. The third-order valence-electron chi connectivity index (χ3n) is 5.23. The Bertz CT molecular complexity index is 1270. The van der Waals surface area contributed by atoms with Gasteiger partial charge in [-0.25, -0.2) is 9.67 Å². The number of halogens is 3. The third-order valence-corrected chi connectivity index (χ3v) is 5.23. The molecule has 0 unspecified atom stereocenters. The van der Waals surface area contributed by atoms with Gasteiger partial charge in [-0.3, -0.25) is 14.9 Å². The lowest BCUT2D eigenvalue weighted by molar-refractivity contribution is -0.385. The number of pyridine rings is 1. The SMILES string of the molecule is Cn1nc(NCc2cc([N+](=O)[O-])cc(C(F)(F)F)c2)c2cc(N3CCOCC3)ncc2c1=O. The minimum absolute atomic E-state index is 0.0442. The number of ether oxygens (including phenoxy) is 1. The fraction of sp³-hybridized carbons (Fsp3) is 0.350. The normalized spacial score (nSPS) is 14.5. The molecule has 0 amide bonds. The van der Waals surface area contributed by atoms with Crippen LogP contribution in [0.1, 0.15) is 11.1 Å². The maximum Gasteiger partial charge on any atom is 0.416 e. The number of anilines is 2. The second kappa shape index (κ2) is 8.65. The molecule has 13 heteroatoms. The maximum atomic E-state index is 13.2. The molecule has 1 aliphatic heterocycles. The van der Waals surface area contributed by atoms with E-state index in [1.165, 1.54) is 13.2 Å². The Morgan fingerprint density at radius 3 is 2.58 bits per heavy atom. The van der Waals surface area contributed by atoms with E-state index < -0.39 is 22.4 Å². The number of aromatic nitrogens is 3. The van der Waals surface area contributed by atoms with Crippen LogP contribution >= 0.6 is 0 Å². The minimum atomic E-state index is -4.74. The van der Waals surface area contributed by atoms with Gasteiger partial charge in [0.1, 0.15) is 5.82 Å². The van der Waals surface area contributed by atoms with Crippen molar-refractivity contribution >= 4 is 28.1 Å². The zero-order valence-corrected chi connectivity index (χ0v) is 17.4. The average Bonchev–Trinajstić information content (AvgIpc) is 2.80. The van der Waals surface area contributed by atoms with Crippen LogP contribution in [0.2, 0.25) is 0 Å². The molecular formula is C20H19F3N6O4. The van der Waals surface area contributed by atoms with Gasteiger partial charge in [-0.05, 0) is 17.7 Å². The predicted molar refractivity (Wildman–Crippen MR) is 113 cm³/mol. The summed E-state index contributed by atoms with van der Waals surface area (Å²) in [4.78, 5) is 29.1. The van der Waals surface area contributed by atoms with Gasteiger partial charge in [0.25, 0.3) is 11.2 Å². The van der Waals surface area contributed by atoms with Crippen molar-refractivity contribution < 1.29 is 22.8 Å². The van der Waals surface area contributed by atoms with Crippen LogP contribution in [0, 0.1) is 10.1 Å².